The highest BCUT2D eigenvalue weighted by molar-refractivity contribution is 5.78. The van der Waals surface area contributed by atoms with Crippen molar-refractivity contribution in [3.8, 4) is 0 Å². The van der Waals surface area contributed by atoms with E-state index in [0.717, 1.165) is 17.7 Å². The summed E-state index contributed by atoms with van der Waals surface area (Å²) in [7, 11) is 0. The molecule has 2 aromatic carbocycles. The van der Waals surface area contributed by atoms with Crippen LogP contribution in [0.15, 0.2) is 29.3 Å². The van der Waals surface area contributed by atoms with Gasteiger partial charge in [0.15, 0.2) is 6.67 Å². The van der Waals surface area contributed by atoms with Crippen molar-refractivity contribution in [2.45, 2.75) is 41.5 Å². The number of hydrogen-bond acceptors (Lipinski definition) is 1. The first-order valence-electron chi connectivity index (χ1n) is 8.37. The van der Waals surface area contributed by atoms with Crippen LogP contribution in [0.2, 0.25) is 0 Å². The number of nitrogens with zero attached hydrogens (tertiary/aromatic N) is 2. The van der Waals surface area contributed by atoms with Gasteiger partial charge in [-0.3, -0.25) is 0 Å². The summed E-state index contributed by atoms with van der Waals surface area (Å²) in [6, 6.07) is 9.22. The van der Waals surface area contributed by atoms with Crippen LogP contribution in [0.1, 0.15) is 33.4 Å². The van der Waals surface area contributed by atoms with Gasteiger partial charge in [-0.25, -0.2) is 9.48 Å². The van der Waals surface area contributed by atoms with Gasteiger partial charge in [0.1, 0.15) is 17.9 Å². The van der Waals surface area contributed by atoms with Gasteiger partial charge in [0, 0.05) is 22.3 Å². The lowest BCUT2D eigenvalue weighted by Crippen LogP contribution is -2.44. The van der Waals surface area contributed by atoms with Crippen LogP contribution < -0.4 is 4.48 Å². The molecule has 0 bridgehead atoms. The maximum Gasteiger partial charge on any atom is 0.182 e. The zero-order valence-electron chi connectivity index (χ0n) is 15.2. The fraction of sp³-hybridized carbons (Fsp3) is 0.381. The molecule has 120 valence electrons. The van der Waals surface area contributed by atoms with Gasteiger partial charge >= 0.3 is 0 Å². The average Bonchev–Trinajstić information content (AvgIpc) is 2.85. The van der Waals surface area contributed by atoms with Gasteiger partial charge in [0.2, 0.25) is 0 Å². The quantitative estimate of drug-likeness (QED) is 0.675. The molecule has 1 aliphatic heterocycles. The molecule has 0 N–H and O–H groups in total. The zero-order chi connectivity index (χ0) is 16.8. The monoisotopic (exact) mass is 307 g/mol. The Hall–Kier alpha value is -1.93. The maximum atomic E-state index is 4.65. The lowest BCUT2D eigenvalue weighted by atomic mass is 9.97. The van der Waals surface area contributed by atoms with Crippen molar-refractivity contribution < 1.29 is 0 Å². The third kappa shape index (κ3) is 2.51. The Balaban J connectivity index is 2.32. The molecule has 2 aromatic rings. The van der Waals surface area contributed by atoms with E-state index in [1.807, 2.05) is 0 Å². The van der Waals surface area contributed by atoms with E-state index in [1.54, 1.807) is 0 Å². The van der Waals surface area contributed by atoms with E-state index >= 15 is 0 Å². The summed E-state index contributed by atoms with van der Waals surface area (Å²) in [6.45, 7) is 15.1. The average molecular weight is 307 g/mol. The molecule has 0 atom stereocenters. The molecule has 3 rings (SSSR count). The molecule has 0 spiro atoms. The topological polar surface area (TPSA) is 12.4 Å². The van der Waals surface area contributed by atoms with Gasteiger partial charge in [-0.2, -0.15) is 0 Å². The van der Waals surface area contributed by atoms with E-state index < -0.39 is 0 Å². The summed E-state index contributed by atoms with van der Waals surface area (Å²) in [5.41, 5.74) is 11.0. The van der Waals surface area contributed by atoms with E-state index in [1.165, 1.54) is 44.8 Å². The van der Waals surface area contributed by atoms with E-state index in [4.69, 9.17) is 0 Å². The second-order valence-corrected chi connectivity index (χ2v) is 7.15. The minimum absolute atomic E-state index is 0.801. The molecule has 0 aromatic heterocycles. The molecular weight excluding hydrogens is 280 g/mol. The molecule has 2 nitrogen and oxygen atoms in total. The lowest BCUT2D eigenvalue weighted by molar-refractivity contribution is 0.462. The fourth-order valence-electron chi connectivity index (χ4n) is 4.58. The Labute approximate surface area is 140 Å². The van der Waals surface area contributed by atoms with Gasteiger partial charge in [-0.15, -0.1) is 0 Å². The molecule has 0 saturated carbocycles. The molecule has 2 heteroatoms. The Morgan fingerprint density at radius 3 is 1.39 bits per heavy atom. The van der Waals surface area contributed by atoms with Crippen molar-refractivity contribution >= 4 is 17.6 Å². The second-order valence-electron chi connectivity index (χ2n) is 7.15. The number of quaternary nitrogens is 1. The van der Waals surface area contributed by atoms with Crippen LogP contribution in [-0.2, 0) is 0 Å². The minimum Gasteiger partial charge on any atom is -0.236 e. The van der Waals surface area contributed by atoms with E-state index in [2.05, 4.69) is 77.0 Å². The normalized spacial score (nSPS) is 16.1. The van der Waals surface area contributed by atoms with Gasteiger partial charge in [0.05, 0.1) is 6.21 Å². The van der Waals surface area contributed by atoms with Gasteiger partial charge in [-0.1, -0.05) is 35.4 Å². The van der Waals surface area contributed by atoms with Crippen LogP contribution in [0.5, 0.6) is 0 Å². The van der Waals surface area contributed by atoms with Gasteiger partial charge in [-0.05, 0) is 41.5 Å². The second kappa shape index (κ2) is 5.61. The Kier molecular flexibility index (Phi) is 3.89. The highest BCUT2D eigenvalue weighted by atomic mass is 15.4. The summed E-state index contributed by atoms with van der Waals surface area (Å²) in [5.74, 6) is 0. The Bertz CT molecular complexity index is 686. The van der Waals surface area contributed by atoms with Crippen molar-refractivity contribution in [3.63, 3.8) is 0 Å². The lowest BCUT2D eigenvalue weighted by Gasteiger charge is -2.37. The predicted octanol–water partition coefficient (Wildman–Crippen LogP) is 5.22. The molecule has 23 heavy (non-hydrogen) atoms. The first kappa shape index (κ1) is 15.9. The van der Waals surface area contributed by atoms with Crippen molar-refractivity contribution in [1.29, 1.82) is 0 Å². The third-order valence-electron chi connectivity index (χ3n) is 4.97. The summed E-state index contributed by atoms with van der Waals surface area (Å²) in [5, 5.41) is 0. The molecule has 1 heterocycles. The number of hydrogen-bond donors (Lipinski definition) is 0. The number of rotatable bonds is 2. The number of aryl methyl sites for hydroxylation is 6. The van der Waals surface area contributed by atoms with Crippen molar-refractivity contribution in [2.24, 2.45) is 4.99 Å². The summed E-state index contributed by atoms with van der Waals surface area (Å²) < 4.78 is 0.829. The Morgan fingerprint density at radius 2 is 1.09 bits per heavy atom. The van der Waals surface area contributed by atoms with Gasteiger partial charge < -0.3 is 0 Å². The van der Waals surface area contributed by atoms with Crippen molar-refractivity contribution in [1.82, 2.24) is 4.48 Å². The molecule has 0 unspecified atom stereocenters. The number of benzene rings is 2. The smallest absolute Gasteiger partial charge is 0.182 e. The summed E-state index contributed by atoms with van der Waals surface area (Å²) >= 11 is 0. The molecule has 0 amide bonds. The molecule has 0 radical (unpaired) electrons. The van der Waals surface area contributed by atoms with E-state index in [0.29, 0.717) is 0 Å². The Morgan fingerprint density at radius 1 is 0.696 bits per heavy atom. The molecule has 0 saturated heterocycles. The standard InChI is InChI=1S/C21H27N2/c1-14-9-16(3)20(17(4)10-14)23(8-7-22-13-23)21-18(5)11-15(2)12-19(21)6/h7,9-12H,8,13H2,1-6H3/q+1. The minimum atomic E-state index is 0.801. The summed E-state index contributed by atoms with van der Waals surface area (Å²) in [4.78, 5) is 4.65. The van der Waals surface area contributed by atoms with Crippen LogP contribution >= 0.6 is 0 Å². The predicted molar refractivity (Wildman–Crippen MR) is 101 cm³/mol. The molecule has 0 fully saturated rings. The van der Waals surface area contributed by atoms with Crippen LogP contribution in [-0.4, -0.2) is 19.4 Å². The highest BCUT2D eigenvalue weighted by Gasteiger charge is 2.40. The highest BCUT2D eigenvalue weighted by Crippen LogP contribution is 2.44. The first-order chi connectivity index (χ1) is 10.8. The van der Waals surface area contributed by atoms with Crippen LogP contribution in [0.4, 0.5) is 11.4 Å². The fourth-order valence-corrected chi connectivity index (χ4v) is 4.58. The van der Waals surface area contributed by atoms with Crippen LogP contribution in [0, 0.1) is 41.5 Å². The van der Waals surface area contributed by atoms with E-state index in [9.17, 15) is 0 Å². The molecular formula is C21H27N2+. The van der Waals surface area contributed by atoms with E-state index in [-0.39, 0.29) is 0 Å². The first-order valence-corrected chi connectivity index (χ1v) is 8.37. The zero-order valence-corrected chi connectivity index (χ0v) is 15.2. The van der Waals surface area contributed by atoms with Gasteiger partial charge in [0.25, 0.3) is 0 Å². The van der Waals surface area contributed by atoms with Crippen molar-refractivity contribution in [3.05, 3.63) is 57.6 Å². The SMILES string of the molecule is Cc1cc(C)c([N+]2(c3c(C)cc(C)cc3C)CC=NC2)c(C)c1. The van der Waals surface area contributed by atoms with Crippen LogP contribution in [0.25, 0.3) is 0 Å². The maximum absolute atomic E-state index is 4.65. The van der Waals surface area contributed by atoms with Crippen molar-refractivity contribution in [2.75, 3.05) is 13.2 Å². The molecule has 0 aliphatic carbocycles. The number of aliphatic imine (C=N–C) groups is 1. The summed E-state index contributed by atoms with van der Waals surface area (Å²) in [6.07, 6.45) is 2.09. The largest absolute Gasteiger partial charge is 0.236 e. The van der Waals surface area contributed by atoms with Crippen LogP contribution in [0.3, 0.4) is 0 Å². The third-order valence-corrected chi connectivity index (χ3v) is 4.97. The molecule has 1 aliphatic rings.